The van der Waals surface area contributed by atoms with Crippen LogP contribution in [-0.2, 0) is 11.3 Å². The molecule has 2 aromatic heterocycles. The van der Waals surface area contributed by atoms with Crippen LogP contribution in [-0.4, -0.2) is 28.5 Å². The highest BCUT2D eigenvalue weighted by Crippen LogP contribution is 2.19. The van der Waals surface area contributed by atoms with Crippen molar-refractivity contribution in [2.24, 2.45) is 0 Å². The largest absolute Gasteiger partial charge is 0.383 e. The molecule has 0 saturated carbocycles. The molecule has 0 unspecified atom stereocenters. The Morgan fingerprint density at radius 3 is 3.00 bits per heavy atom. The van der Waals surface area contributed by atoms with Gasteiger partial charge in [-0.2, -0.15) is 5.10 Å². The van der Waals surface area contributed by atoms with Crippen molar-refractivity contribution in [3.8, 4) is 0 Å². The number of pyridine rings is 1. The van der Waals surface area contributed by atoms with Crippen LogP contribution < -0.4 is 5.32 Å². The smallest absolute Gasteiger partial charge is 0.130 e. The zero-order valence-electron chi connectivity index (χ0n) is 10.4. The zero-order chi connectivity index (χ0) is 13.0. The second-order valence-corrected chi connectivity index (χ2v) is 4.73. The molecular formula is C12H15BrN4O. The van der Waals surface area contributed by atoms with Crippen molar-refractivity contribution in [1.29, 1.82) is 0 Å². The van der Waals surface area contributed by atoms with Gasteiger partial charge in [0.05, 0.1) is 30.7 Å². The van der Waals surface area contributed by atoms with Gasteiger partial charge in [-0.1, -0.05) is 0 Å². The molecule has 0 fully saturated rings. The van der Waals surface area contributed by atoms with Crippen LogP contribution in [0.25, 0.3) is 0 Å². The summed E-state index contributed by atoms with van der Waals surface area (Å²) in [6, 6.07) is 3.89. The predicted octanol–water partition coefficient (Wildman–Crippen LogP) is 2.74. The average Bonchev–Trinajstić information content (AvgIpc) is 2.79. The number of hydrogen-bond acceptors (Lipinski definition) is 4. The summed E-state index contributed by atoms with van der Waals surface area (Å²) in [5.41, 5.74) is 1.87. The third-order valence-corrected chi connectivity index (χ3v) is 3.29. The molecule has 0 atom stereocenters. The van der Waals surface area contributed by atoms with Crippen molar-refractivity contribution >= 4 is 27.4 Å². The van der Waals surface area contributed by atoms with Gasteiger partial charge in [0.15, 0.2) is 0 Å². The molecule has 5 nitrogen and oxygen atoms in total. The van der Waals surface area contributed by atoms with Gasteiger partial charge in [0.25, 0.3) is 0 Å². The van der Waals surface area contributed by atoms with Gasteiger partial charge in [0.2, 0.25) is 0 Å². The van der Waals surface area contributed by atoms with E-state index < -0.39 is 0 Å². The first-order chi connectivity index (χ1) is 8.69. The minimum absolute atomic E-state index is 0.650. The van der Waals surface area contributed by atoms with Gasteiger partial charge in [-0.05, 0) is 35.0 Å². The number of anilines is 2. The Kier molecular flexibility index (Phi) is 4.33. The molecule has 0 aliphatic carbocycles. The lowest BCUT2D eigenvalue weighted by Crippen LogP contribution is -2.04. The Hall–Kier alpha value is -1.40. The van der Waals surface area contributed by atoms with Crippen LogP contribution in [0.2, 0.25) is 0 Å². The van der Waals surface area contributed by atoms with Gasteiger partial charge in [-0.15, -0.1) is 0 Å². The number of hydrogen-bond donors (Lipinski definition) is 1. The monoisotopic (exact) mass is 310 g/mol. The SMILES string of the molecule is COCCn1cc(Nc2ccc(Br)c(C)n2)cn1. The maximum Gasteiger partial charge on any atom is 0.130 e. The van der Waals surface area contributed by atoms with Gasteiger partial charge in [-0.3, -0.25) is 4.68 Å². The van der Waals surface area contributed by atoms with E-state index in [9.17, 15) is 0 Å². The fourth-order valence-electron chi connectivity index (χ4n) is 1.50. The van der Waals surface area contributed by atoms with Crippen molar-refractivity contribution in [3.05, 3.63) is 34.7 Å². The number of rotatable bonds is 5. The van der Waals surface area contributed by atoms with Crippen LogP contribution in [0.4, 0.5) is 11.5 Å². The van der Waals surface area contributed by atoms with Gasteiger partial charge in [0, 0.05) is 17.8 Å². The molecule has 0 radical (unpaired) electrons. The summed E-state index contributed by atoms with van der Waals surface area (Å²) in [6.45, 7) is 3.35. The maximum absolute atomic E-state index is 5.00. The summed E-state index contributed by atoms with van der Waals surface area (Å²) in [5, 5.41) is 7.44. The number of ether oxygens (including phenoxy) is 1. The Labute approximate surface area is 114 Å². The molecule has 96 valence electrons. The van der Waals surface area contributed by atoms with E-state index in [-0.39, 0.29) is 0 Å². The van der Waals surface area contributed by atoms with Gasteiger partial charge in [0.1, 0.15) is 5.82 Å². The molecule has 0 aromatic carbocycles. The molecule has 0 bridgehead atoms. The minimum Gasteiger partial charge on any atom is -0.383 e. The number of nitrogens with zero attached hydrogens (tertiary/aromatic N) is 3. The fraction of sp³-hybridized carbons (Fsp3) is 0.333. The average molecular weight is 311 g/mol. The number of halogens is 1. The number of aromatic nitrogens is 3. The first-order valence-electron chi connectivity index (χ1n) is 5.60. The molecule has 2 aromatic rings. The van der Waals surface area contributed by atoms with Crippen molar-refractivity contribution in [1.82, 2.24) is 14.8 Å². The third-order valence-electron chi connectivity index (χ3n) is 2.45. The van der Waals surface area contributed by atoms with Crippen molar-refractivity contribution < 1.29 is 4.74 Å². The second-order valence-electron chi connectivity index (χ2n) is 3.87. The summed E-state index contributed by atoms with van der Waals surface area (Å²) >= 11 is 3.43. The molecule has 2 rings (SSSR count). The van der Waals surface area contributed by atoms with E-state index in [1.165, 1.54) is 0 Å². The lowest BCUT2D eigenvalue weighted by molar-refractivity contribution is 0.183. The molecule has 0 amide bonds. The zero-order valence-corrected chi connectivity index (χ0v) is 11.9. The van der Waals surface area contributed by atoms with E-state index in [0.717, 1.165) is 28.2 Å². The predicted molar refractivity (Wildman–Crippen MR) is 74.1 cm³/mol. The van der Waals surface area contributed by atoms with Gasteiger partial charge in [-0.25, -0.2) is 4.98 Å². The summed E-state index contributed by atoms with van der Waals surface area (Å²) in [5.74, 6) is 0.807. The Morgan fingerprint density at radius 1 is 1.44 bits per heavy atom. The Balaban J connectivity index is 2.04. The highest BCUT2D eigenvalue weighted by Gasteiger charge is 2.02. The van der Waals surface area contributed by atoms with E-state index in [0.29, 0.717) is 6.61 Å². The molecule has 0 aliphatic rings. The number of nitrogens with one attached hydrogen (secondary N) is 1. The fourth-order valence-corrected chi connectivity index (χ4v) is 1.72. The quantitative estimate of drug-likeness (QED) is 0.922. The van der Waals surface area contributed by atoms with Crippen molar-refractivity contribution in [2.75, 3.05) is 19.0 Å². The summed E-state index contributed by atoms with van der Waals surface area (Å²) in [6.07, 6.45) is 3.70. The van der Waals surface area contributed by atoms with E-state index in [4.69, 9.17) is 4.74 Å². The summed E-state index contributed by atoms with van der Waals surface area (Å²) in [7, 11) is 1.68. The van der Waals surface area contributed by atoms with Crippen molar-refractivity contribution in [3.63, 3.8) is 0 Å². The molecule has 2 heterocycles. The van der Waals surface area contributed by atoms with Gasteiger partial charge < -0.3 is 10.1 Å². The highest BCUT2D eigenvalue weighted by atomic mass is 79.9. The van der Waals surface area contributed by atoms with E-state index in [1.54, 1.807) is 13.3 Å². The van der Waals surface area contributed by atoms with Crippen LogP contribution in [0.15, 0.2) is 29.0 Å². The van der Waals surface area contributed by atoms with E-state index >= 15 is 0 Å². The molecule has 0 aliphatic heterocycles. The van der Waals surface area contributed by atoms with Crippen LogP contribution in [0.5, 0.6) is 0 Å². The first kappa shape index (κ1) is 13.0. The lowest BCUT2D eigenvalue weighted by Gasteiger charge is -2.04. The van der Waals surface area contributed by atoms with E-state index in [2.05, 4.69) is 31.3 Å². The highest BCUT2D eigenvalue weighted by molar-refractivity contribution is 9.10. The molecule has 1 N–H and O–H groups in total. The van der Waals surface area contributed by atoms with Crippen LogP contribution in [0.1, 0.15) is 5.69 Å². The molecule has 0 spiro atoms. The molecule has 0 saturated heterocycles. The van der Waals surface area contributed by atoms with Gasteiger partial charge >= 0.3 is 0 Å². The summed E-state index contributed by atoms with van der Waals surface area (Å²) in [4.78, 5) is 4.42. The molecular weight excluding hydrogens is 296 g/mol. The van der Waals surface area contributed by atoms with Crippen molar-refractivity contribution in [2.45, 2.75) is 13.5 Å². The standard InChI is InChI=1S/C12H15BrN4O/c1-9-11(13)3-4-12(15-9)16-10-7-14-17(8-10)5-6-18-2/h3-4,7-8H,5-6H2,1-2H3,(H,15,16). The normalized spacial score (nSPS) is 10.6. The third kappa shape index (κ3) is 3.30. The van der Waals surface area contributed by atoms with Crippen LogP contribution >= 0.6 is 15.9 Å². The van der Waals surface area contributed by atoms with Crippen LogP contribution in [0.3, 0.4) is 0 Å². The Bertz CT molecular complexity index is 527. The second kappa shape index (κ2) is 5.97. The molecule has 6 heteroatoms. The first-order valence-corrected chi connectivity index (χ1v) is 6.40. The van der Waals surface area contributed by atoms with Crippen LogP contribution in [0, 0.1) is 6.92 Å². The lowest BCUT2D eigenvalue weighted by atomic mass is 10.3. The number of methoxy groups -OCH3 is 1. The molecule has 18 heavy (non-hydrogen) atoms. The van der Waals surface area contributed by atoms with E-state index in [1.807, 2.05) is 29.9 Å². The maximum atomic E-state index is 5.00. The summed E-state index contributed by atoms with van der Waals surface area (Å²) < 4.78 is 7.84. The topological polar surface area (TPSA) is 52.0 Å². The Morgan fingerprint density at radius 2 is 2.28 bits per heavy atom. The number of aryl methyl sites for hydroxylation is 1. The minimum atomic E-state index is 0.650.